The molecule has 0 aliphatic heterocycles. The second-order valence-corrected chi connectivity index (χ2v) is 4.36. The van der Waals surface area contributed by atoms with E-state index in [1.807, 2.05) is 0 Å². The van der Waals surface area contributed by atoms with Crippen molar-refractivity contribution in [2.24, 2.45) is 0 Å². The molecule has 84 valence electrons. The number of hydrogen-bond donors (Lipinski definition) is 2. The Kier molecular flexibility index (Phi) is 4.81. The van der Waals surface area contributed by atoms with Gasteiger partial charge in [-0.15, -0.1) is 0 Å². The van der Waals surface area contributed by atoms with E-state index >= 15 is 0 Å². The number of rotatable bonds is 1. The number of aromatic carboxylic acids is 1. The topological polar surface area (TPSA) is 88.0 Å². The minimum atomic E-state index is -1.18. The van der Waals surface area contributed by atoms with Crippen LogP contribution < -0.4 is 10.8 Å². The van der Waals surface area contributed by atoms with Gasteiger partial charge in [-0.1, -0.05) is 23.9 Å². The third-order valence-electron chi connectivity index (χ3n) is 1.12. The number of carboxylic acids is 1. The second kappa shape index (κ2) is 5.36. The highest BCUT2D eigenvalue weighted by Gasteiger charge is 2.01. The van der Waals surface area contributed by atoms with E-state index in [4.69, 9.17) is 5.11 Å². The molecule has 0 spiro atoms. The van der Waals surface area contributed by atoms with Gasteiger partial charge in [-0.2, -0.15) is 0 Å². The van der Waals surface area contributed by atoms with E-state index < -0.39 is 11.7 Å². The van der Waals surface area contributed by atoms with E-state index in [1.54, 1.807) is 0 Å². The van der Waals surface area contributed by atoms with Crippen LogP contribution in [0.25, 0.3) is 0 Å². The Bertz CT molecular complexity index is 323. The molecular weight excluding hydrogens is 194 g/mol. The number of carboxylic acid groups (broad SMARTS) is 1. The van der Waals surface area contributed by atoms with Gasteiger partial charge in [0.25, 0.3) is 0 Å². The fraction of sp³-hybridized carbons (Fsp3) is 0.364. The molecule has 0 saturated carbocycles. The lowest BCUT2D eigenvalue weighted by Gasteiger charge is -2.07. The van der Waals surface area contributed by atoms with E-state index in [1.165, 1.54) is 24.3 Å². The maximum atomic E-state index is 10.7. The molecule has 0 bridgehead atoms. The van der Waals surface area contributed by atoms with Crippen LogP contribution >= 0.6 is 0 Å². The second-order valence-electron chi connectivity index (χ2n) is 4.36. The average molecular weight is 211 g/mol. The van der Waals surface area contributed by atoms with Gasteiger partial charge in [0.1, 0.15) is 0 Å². The third-order valence-corrected chi connectivity index (χ3v) is 1.12. The van der Waals surface area contributed by atoms with Gasteiger partial charge in [-0.3, -0.25) is 0 Å². The summed E-state index contributed by atoms with van der Waals surface area (Å²) in [6.45, 7) is 6.23. The molecule has 0 amide bonds. The summed E-state index contributed by atoms with van der Waals surface area (Å²) in [5, 5.41) is 19.0. The van der Waals surface area contributed by atoms with E-state index in [-0.39, 0.29) is 11.1 Å². The van der Waals surface area contributed by atoms with Gasteiger partial charge in [0.15, 0.2) is 0 Å². The molecule has 1 aromatic carbocycles. The summed E-state index contributed by atoms with van der Waals surface area (Å²) in [5.41, 5.74) is 3.84. The van der Waals surface area contributed by atoms with Crippen molar-refractivity contribution < 1.29 is 20.7 Å². The zero-order valence-corrected chi connectivity index (χ0v) is 9.28. The highest BCUT2D eigenvalue weighted by molar-refractivity contribution is 5.90. The number of benzene rings is 1. The van der Waals surface area contributed by atoms with E-state index in [0.29, 0.717) is 0 Å². The molecule has 0 unspecified atom stereocenters. The van der Waals surface area contributed by atoms with Crippen molar-refractivity contribution in [3.05, 3.63) is 29.8 Å². The Morgan fingerprint density at radius 2 is 1.73 bits per heavy atom. The standard InChI is InChI=1S/C7H6O3.C4H11N/c8-6-4-2-1-3-5(6)7(9)10;1-4(2,3)5/h1-4,8H,(H,9,10);5H2,1-3H3. The molecule has 0 aliphatic carbocycles. The van der Waals surface area contributed by atoms with Gasteiger partial charge >= 0.3 is 5.97 Å². The molecule has 4 nitrogen and oxygen atoms in total. The first-order chi connectivity index (χ1) is 6.72. The van der Waals surface area contributed by atoms with Crippen LogP contribution in [-0.4, -0.2) is 16.6 Å². The molecule has 0 atom stereocenters. The Hall–Kier alpha value is -1.55. The van der Waals surface area contributed by atoms with Crippen molar-refractivity contribution in [2.45, 2.75) is 26.3 Å². The van der Waals surface area contributed by atoms with Crippen LogP contribution in [0, 0.1) is 0 Å². The summed E-state index contributed by atoms with van der Waals surface area (Å²) in [7, 11) is 0. The van der Waals surface area contributed by atoms with E-state index in [0.717, 1.165) is 0 Å². The molecule has 0 aromatic heterocycles. The van der Waals surface area contributed by atoms with Crippen molar-refractivity contribution in [2.75, 3.05) is 0 Å². The van der Waals surface area contributed by atoms with Crippen molar-refractivity contribution in [3.8, 4) is 5.75 Å². The van der Waals surface area contributed by atoms with Gasteiger partial charge in [0, 0.05) is 0 Å². The van der Waals surface area contributed by atoms with Crippen LogP contribution in [0.4, 0.5) is 0 Å². The first kappa shape index (κ1) is 13.4. The molecule has 0 heterocycles. The Labute approximate surface area is 89.4 Å². The molecule has 1 rings (SSSR count). The maximum absolute atomic E-state index is 10.7. The van der Waals surface area contributed by atoms with Crippen LogP contribution in [0.2, 0.25) is 0 Å². The summed E-state index contributed by atoms with van der Waals surface area (Å²) in [6.07, 6.45) is 0. The molecule has 0 fully saturated rings. The van der Waals surface area contributed by atoms with E-state index in [2.05, 4.69) is 26.5 Å². The van der Waals surface area contributed by atoms with Crippen molar-refractivity contribution in [3.63, 3.8) is 0 Å². The predicted molar refractivity (Wildman–Crippen MR) is 55.5 cm³/mol. The van der Waals surface area contributed by atoms with Crippen LogP contribution in [0.3, 0.4) is 0 Å². The largest absolute Gasteiger partial charge is 0.872 e. The highest BCUT2D eigenvalue weighted by Crippen LogP contribution is 2.10. The highest BCUT2D eigenvalue weighted by atomic mass is 16.4. The zero-order valence-electron chi connectivity index (χ0n) is 9.28. The van der Waals surface area contributed by atoms with Crippen LogP contribution in [0.15, 0.2) is 24.3 Å². The number of para-hydroxylation sites is 1. The summed E-state index contributed by atoms with van der Waals surface area (Å²) in [6, 6.07) is 5.54. The number of carbonyl (C=O) groups is 1. The van der Waals surface area contributed by atoms with Crippen LogP contribution in [0.1, 0.15) is 31.1 Å². The molecule has 4 N–H and O–H groups in total. The summed E-state index contributed by atoms with van der Waals surface area (Å²) < 4.78 is 0. The Morgan fingerprint density at radius 3 is 2.00 bits per heavy atom. The quantitative estimate of drug-likeness (QED) is 0.708. The fourth-order valence-electron chi connectivity index (χ4n) is 0.643. The number of quaternary nitrogens is 1. The Morgan fingerprint density at radius 1 is 1.33 bits per heavy atom. The molecule has 0 aliphatic rings. The van der Waals surface area contributed by atoms with Crippen molar-refractivity contribution in [1.29, 1.82) is 0 Å². The third kappa shape index (κ3) is 7.52. The lowest BCUT2D eigenvalue weighted by molar-refractivity contribution is -0.458. The van der Waals surface area contributed by atoms with Gasteiger partial charge in [0.05, 0.1) is 11.1 Å². The minimum absolute atomic E-state index is 0.178. The zero-order chi connectivity index (χ0) is 12.1. The van der Waals surface area contributed by atoms with Gasteiger partial charge < -0.3 is 15.9 Å². The van der Waals surface area contributed by atoms with Crippen molar-refractivity contribution in [1.82, 2.24) is 0 Å². The maximum Gasteiger partial charge on any atom is 0.335 e. The minimum Gasteiger partial charge on any atom is -0.872 e. The smallest absolute Gasteiger partial charge is 0.335 e. The lowest BCUT2D eigenvalue weighted by Crippen LogP contribution is -2.67. The Balaban J connectivity index is 0.000000336. The predicted octanol–water partition coefficient (Wildman–Crippen LogP) is 0.485. The first-order valence-electron chi connectivity index (χ1n) is 4.56. The normalized spacial score (nSPS) is 10.1. The molecular formula is C11H17NO3. The monoisotopic (exact) mass is 211 g/mol. The molecule has 0 saturated heterocycles. The van der Waals surface area contributed by atoms with E-state index in [9.17, 15) is 9.90 Å². The van der Waals surface area contributed by atoms with Crippen molar-refractivity contribution >= 4 is 5.97 Å². The number of hydrogen-bond acceptors (Lipinski definition) is 2. The fourth-order valence-corrected chi connectivity index (χ4v) is 0.643. The van der Waals surface area contributed by atoms with Gasteiger partial charge in [-0.25, -0.2) is 4.79 Å². The SMILES string of the molecule is CC(C)(C)[NH3+].O=C(O)c1ccccc1[O-]. The molecule has 15 heavy (non-hydrogen) atoms. The average Bonchev–Trinajstić information content (AvgIpc) is 2.01. The summed E-state index contributed by atoms with van der Waals surface area (Å²) >= 11 is 0. The molecule has 4 heteroatoms. The lowest BCUT2D eigenvalue weighted by atomic mass is 10.1. The molecule has 0 radical (unpaired) electrons. The summed E-state index contributed by atoms with van der Waals surface area (Å²) in [4.78, 5) is 10.2. The van der Waals surface area contributed by atoms with Gasteiger partial charge in [-0.05, 0) is 26.8 Å². The van der Waals surface area contributed by atoms with Crippen LogP contribution in [-0.2, 0) is 0 Å². The van der Waals surface area contributed by atoms with Crippen LogP contribution in [0.5, 0.6) is 5.75 Å². The first-order valence-corrected chi connectivity index (χ1v) is 4.56. The summed E-state index contributed by atoms with van der Waals surface area (Å²) in [5.74, 6) is -1.62. The molecule has 1 aromatic rings. The van der Waals surface area contributed by atoms with Gasteiger partial charge in [0.2, 0.25) is 0 Å².